The molecule has 8 nitrogen and oxygen atoms in total. The van der Waals surface area contributed by atoms with Gasteiger partial charge in [0.15, 0.2) is 0 Å². The van der Waals surface area contributed by atoms with Crippen LogP contribution in [0.25, 0.3) is 11.5 Å². The lowest BCUT2D eigenvalue weighted by Crippen LogP contribution is -2.49. The monoisotopic (exact) mass is 439 g/mol. The number of ether oxygens (including phenoxy) is 1. The zero-order valence-corrected chi connectivity index (χ0v) is 17.9. The second kappa shape index (κ2) is 8.19. The predicted molar refractivity (Wildman–Crippen MR) is 116 cm³/mol. The van der Waals surface area contributed by atoms with Gasteiger partial charge >= 0.3 is 0 Å². The van der Waals surface area contributed by atoms with Gasteiger partial charge in [0, 0.05) is 43.3 Å². The van der Waals surface area contributed by atoms with Gasteiger partial charge in [-0.15, -0.1) is 10.2 Å². The molecule has 2 aliphatic rings. The Morgan fingerprint density at radius 1 is 1.16 bits per heavy atom. The SMILES string of the molecule is COc1cc(Cl)ccc1C(=O)N1CCN(c2ncccc2-c2nnc(C3CC3)o2)CC1. The summed E-state index contributed by atoms with van der Waals surface area (Å²) in [7, 11) is 1.54. The van der Waals surface area contributed by atoms with Crippen molar-refractivity contribution in [2.24, 2.45) is 0 Å². The number of amides is 1. The molecule has 2 fully saturated rings. The lowest BCUT2D eigenvalue weighted by Gasteiger charge is -2.36. The Hall–Kier alpha value is -3.13. The van der Waals surface area contributed by atoms with E-state index in [1.54, 1.807) is 24.4 Å². The maximum Gasteiger partial charge on any atom is 0.257 e. The Morgan fingerprint density at radius 2 is 1.97 bits per heavy atom. The molecule has 31 heavy (non-hydrogen) atoms. The van der Waals surface area contributed by atoms with Gasteiger partial charge in [-0.25, -0.2) is 4.98 Å². The molecule has 0 radical (unpaired) electrons. The highest BCUT2D eigenvalue weighted by Gasteiger charge is 2.31. The maximum atomic E-state index is 13.0. The van der Waals surface area contributed by atoms with Gasteiger partial charge in [-0.05, 0) is 43.2 Å². The molecule has 9 heteroatoms. The van der Waals surface area contributed by atoms with Crippen molar-refractivity contribution >= 4 is 23.3 Å². The zero-order chi connectivity index (χ0) is 21.4. The summed E-state index contributed by atoms with van der Waals surface area (Å²) < 4.78 is 11.2. The van der Waals surface area contributed by atoms with Gasteiger partial charge in [-0.2, -0.15) is 0 Å². The third-order valence-corrected chi connectivity index (χ3v) is 5.88. The van der Waals surface area contributed by atoms with Crippen LogP contribution in [0.15, 0.2) is 40.9 Å². The van der Waals surface area contributed by atoms with Crippen molar-refractivity contribution in [3.63, 3.8) is 0 Å². The molecule has 1 saturated carbocycles. The minimum Gasteiger partial charge on any atom is -0.496 e. The summed E-state index contributed by atoms with van der Waals surface area (Å²) in [5.41, 5.74) is 1.33. The summed E-state index contributed by atoms with van der Waals surface area (Å²) in [6.45, 7) is 2.43. The van der Waals surface area contributed by atoms with Crippen LogP contribution >= 0.6 is 11.6 Å². The first-order valence-corrected chi connectivity index (χ1v) is 10.7. The quantitative estimate of drug-likeness (QED) is 0.600. The van der Waals surface area contributed by atoms with Crippen LogP contribution in [0.4, 0.5) is 5.82 Å². The largest absolute Gasteiger partial charge is 0.496 e. The molecule has 0 bridgehead atoms. The number of methoxy groups -OCH3 is 1. The molecule has 0 unspecified atom stereocenters. The molecule has 0 N–H and O–H groups in total. The molecule has 3 aromatic rings. The molecule has 160 valence electrons. The summed E-state index contributed by atoms with van der Waals surface area (Å²) in [4.78, 5) is 21.6. The fraction of sp³-hybridized carbons (Fsp3) is 0.364. The zero-order valence-electron chi connectivity index (χ0n) is 17.1. The van der Waals surface area contributed by atoms with Gasteiger partial charge < -0.3 is 19.0 Å². The van der Waals surface area contributed by atoms with E-state index in [4.69, 9.17) is 20.8 Å². The average molecular weight is 440 g/mol. The third-order valence-electron chi connectivity index (χ3n) is 5.64. The molecule has 3 heterocycles. The van der Waals surface area contributed by atoms with Crippen LogP contribution in [0.5, 0.6) is 5.75 Å². The van der Waals surface area contributed by atoms with Crippen molar-refractivity contribution in [1.82, 2.24) is 20.1 Å². The highest BCUT2D eigenvalue weighted by atomic mass is 35.5. The summed E-state index contributed by atoms with van der Waals surface area (Å²) in [5.74, 6) is 2.81. The van der Waals surface area contributed by atoms with Gasteiger partial charge in [-0.3, -0.25) is 4.79 Å². The fourth-order valence-electron chi connectivity index (χ4n) is 3.79. The number of piperazine rings is 1. The molecule has 0 spiro atoms. The van der Waals surface area contributed by atoms with Crippen molar-refractivity contribution < 1.29 is 13.9 Å². The van der Waals surface area contributed by atoms with E-state index in [2.05, 4.69) is 20.1 Å². The molecule has 1 saturated heterocycles. The van der Waals surface area contributed by atoms with Crippen molar-refractivity contribution in [3.8, 4) is 17.2 Å². The van der Waals surface area contributed by atoms with Crippen LogP contribution < -0.4 is 9.64 Å². The highest BCUT2D eigenvalue weighted by molar-refractivity contribution is 6.30. The van der Waals surface area contributed by atoms with Crippen LogP contribution in [0.2, 0.25) is 5.02 Å². The van der Waals surface area contributed by atoms with Crippen LogP contribution in [-0.2, 0) is 0 Å². The Kier molecular flexibility index (Phi) is 5.23. The van der Waals surface area contributed by atoms with Gasteiger partial charge in [0.05, 0.1) is 18.2 Å². The number of aromatic nitrogens is 3. The lowest BCUT2D eigenvalue weighted by atomic mass is 10.1. The molecule has 1 aliphatic heterocycles. The van der Waals surface area contributed by atoms with E-state index in [1.165, 1.54) is 7.11 Å². The number of anilines is 1. The number of pyridine rings is 1. The van der Waals surface area contributed by atoms with Crippen molar-refractivity contribution in [2.75, 3.05) is 38.2 Å². The first-order chi connectivity index (χ1) is 15.1. The van der Waals surface area contributed by atoms with E-state index in [0.717, 1.165) is 24.2 Å². The predicted octanol–water partition coefficient (Wildman–Crippen LogP) is 3.63. The van der Waals surface area contributed by atoms with E-state index in [-0.39, 0.29) is 5.91 Å². The summed E-state index contributed by atoms with van der Waals surface area (Å²) in [5, 5.41) is 8.97. The molecule has 0 atom stereocenters. The Morgan fingerprint density at radius 3 is 2.71 bits per heavy atom. The van der Waals surface area contributed by atoms with Crippen molar-refractivity contribution in [2.45, 2.75) is 18.8 Å². The average Bonchev–Trinajstić information content (AvgIpc) is 3.55. The number of nitrogens with zero attached hydrogens (tertiary/aromatic N) is 5. The molecule has 5 rings (SSSR count). The van der Waals surface area contributed by atoms with E-state index in [9.17, 15) is 4.79 Å². The van der Waals surface area contributed by atoms with Crippen LogP contribution in [0, 0.1) is 0 Å². The Balaban J connectivity index is 1.31. The number of rotatable bonds is 5. The number of hydrogen-bond acceptors (Lipinski definition) is 7. The third kappa shape index (κ3) is 3.95. The molecule has 1 aromatic carbocycles. The molecule has 2 aromatic heterocycles. The Labute approximate surface area is 184 Å². The summed E-state index contributed by atoms with van der Waals surface area (Å²) in [6.07, 6.45) is 3.97. The van der Waals surface area contributed by atoms with Crippen LogP contribution in [0.3, 0.4) is 0 Å². The normalized spacial score (nSPS) is 16.5. The van der Waals surface area contributed by atoms with Crippen LogP contribution in [0.1, 0.15) is 35.0 Å². The summed E-state index contributed by atoms with van der Waals surface area (Å²) in [6, 6.07) is 8.88. The summed E-state index contributed by atoms with van der Waals surface area (Å²) >= 11 is 6.02. The van der Waals surface area contributed by atoms with Crippen molar-refractivity contribution in [3.05, 3.63) is 53.0 Å². The van der Waals surface area contributed by atoms with Gasteiger partial charge in [-0.1, -0.05) is 11.6 Å². The van der Waals surface area contributed by atoms with E-state index >= 15 is 0 Å². The minimum absolute atomic E-state index is 0.0691. The first kappa shape index (κ1) is 19.8. The number of carbonyl (C=O) groups is 1. The van der Waals surface area contributed by atoms with E-state index in [1.807, 2.05) is 17.0 Å². The van der Waals surface area contributed by atoms with Crippen LogP contribution in [-0.4, -0.2) is 59.3 Å². The molecule has 1 amide bonds. The number of hydrogen-bond donors (Lipinski definition) is 0. The highest BCUT2D eigenvalue weighted by Crippen LogP contribution is 2.40. The second-order valence-electron chi connectivity index (χ2n) is 7.72. The maximum absolute atomic E-state index is 13.0. The van der Waals surface area contributed by atoms with Gasteiger partial charge in [0.25, 0.3) is 11.8 Å². The Bertz CT molecular complexity index is 1110. The topological polar surface area (TPSA) is 84.6 Å². The second-order valence-corrected chi connectivity index (χ2v) is 8.15. The lowest BCUT2D eigenvalue weighted by molar-refractivity contribution is 0.0743. The smallest absolute Gasteiger partial charge is 0.257 e. The number of halogens is 1. The van der Waals surface area contributed by atoms with E-state index < -0.39 is 0 Å². The van der Waals surface area contributed by atoms with Gasteiger partial charge in [0.1, 0.15) is 11.6 Å². The molecular formula is C22H22ClN5O3. The van der Waals surface area contributed by atoms with Gasteiger partial charge in [0.2, 0.25) is 5.89 Å². The fourth-order valence-corrected chi connectivity index (χ4v) is 3.95. The first-order valence-electron chi connectivity index (χ1n) is 10.3. The number of benzene rings is 1. The molecule has 1 aliphatic carbocycles. The standard InChI is InChI=1S/C22H22ClN5O3/c1-30-18-13-15(23)6-7-16(18)22(29)28-11-9-27(10-12-28)19-17(3-2-8-24-19)21-26-25-20(31-21)14-4-5-14/h2-3,6-8,13-14H,4-5,9-12H2,1H3. The van der Waals surface area contributed by atoms with Crippen molar-refractivity contribution in [1.29, 1.82) is 0 Å². The minimum atomic E-state index is -0.0691. The number of carbonyl (C=O) groups excluding carboxylic acids is 1. The molecular weight excluding hydrogens is 418 g/mol. The van der Waals surface area contributed by atoms with E-state index in [0.29, 0.717) is 60.2 Å².